The van der Waals surface area contributed by atoms with Gasteiger partial charge in [0.05, 0.1) is 18.6 Å². The van der Waals surface area contributed by atoms with Crippen molar-refractivity contribution < 1.29 is 19.1 Å². The van der Waals surface area contributed by atoms with E-state index in [2.05, 4.69) is 20.9 Å². The number of thioether (sulfide) groups is 1. The number of thiazole rings is 1. The molecule has 45 heavy (non-hydrogen) atoms. The van der Waals surface area contributed by atoms with E-state index in [9.17, 15) is 14.4 Å². The van der Waals surface area contributed by atoms with E-state index in [1.54, 1.807) is 67.8 Å². The Bertz CT molecular complexity index is 1840. The third-order valence-electron chi connectivity index (χ3n) is 6.52. The quantitative estimate of drug-likeness (QED) is 0.104. The van der Waals surface area contributed by atoms with E-state index in [1.807, 2.05) is 61.5 Å². The fourth-order valence-corrected chi connectivity index (χ4v) is 5.97. The molecule has 0 fully saturated rings. The number of hydrogen-bond donors (Lipinski definition) is 3. The zero-order valence-electron chi connectivity index (χ0n) is 24.6. The summed E-state index contributed by atoms with van der Waals surface area (Å²) in [7, 11) is 1.54. The van der Waals surface area contributed by atoms with Gasteiger partial charge in [0.25, 0.3) is 11.8 Å². The highest BCUT2D eigenvalue weighted by molar-refractivity contribution is 8.00. The van der Waals surface area contributed by atoms with Gasteiger partial charge in [-0.25, -0.2) is 4.98 Å². The molecule has 10 heteroatoms. The van der Waals surface area contributed by atoms with E-state index in [0.29, 0.717) is 27.7 Å². The van der Waals surface area contributed by atoms with Crippen molar-refractivity contribution in [3.8, 4) is 17.0 Å². The maximum Gasteiger partial charge on any atom is 0.272 e. The number of methoxy groups -OCH3 is 1. The number of hydrogen-bond acceptors (Lipinski definition) is 7. The van der Waals surface area contributed by atoms with Crippen molar-refractivity contribution in [3.05, 3.63) is 131 Å². The largest absolute Gasteiger partial charge is 0.496 e. The zero-order valence-corrected chi connectivity index (χ0v) is 26.2. The minimum atomic E-state index is -0.515. The topological polar surface area (TPSA) is 109 Å². The third kappa shape index (κ3) is 8.47. The van der Waals surface area contributed by atoms with Gasteiger partial charge in [-0.1, -0.05) is 72.8 Å². The number of amides is 3. The molecule has 3 amide bonds. The van der Waals surface area contributed by atoms with Crippen LogP contribution in [0, 0.1) is 6.92 Å². The normalized spacial score (nSPS) is 11.0. The van der Waals surface area contributed by atoms with Crippen LogP contribution >= 0.6 is 23.1 Å². The Hall–Kier alpha value is -5.19. The van der Waals surface area contributed by atoms with Gasteiger partial charge in [-0.15, -0.1) is 23.1 Å². The highest BCUT2D eigenvalue weighted by Crippen LogP contribution is 2.30. The van der Waals surface area contributed by atoms with E-state index in [-0.39, 0.29) is 17.4 Å². The smallest absolute Gasteiger partial charge is 0.272 e. The first-order valence-electron chi connectivity index (χ1n) is 14.0. The predicted molar refractivity (Wildman–Crippen MR) is 182 cm³/mol. The molecule has 0 aliphatic carbocycles. The summed E-state index contributed by atoms with van der Waals surface area (Å²) in [6.45, 7) is 1.98. The number of carbonyl (C=O) groups excluding carboxylic acids is 3. The maximum atomic E-state index is 13.5. The first kappa shape index (κ1) is 31.2. The summed E-state index contributed by atoms with van der Waals surface area (Å²) in [5, 5.41) is 9.04. The minimum absolute atomic E-state index is 0.0411. The van der Waals surface area contributed by atoms with Gasteiger partial charge < -0.3 is 20.7 Å². The van der Waals surface area contributed by atoms with E-state index in [0.717, 1.165) is 21.0 Å². The molecule has 0 aliphatic heterocycles. The van der Waals surface area contributed by atoms with Crippen LogP contribution in [0.3, 0.4) is 0 Å². The molecule has 0 atom stereocenters. The maximum absolute atomic E-state index is 13.5. The molecule has 1 aromatic heterocycles. The van der Waals surface area contributed by atoms with Gasteiger partial charge in [-0.05, 0) is 49.4 Å². The lowest BCUT2D eigenvalue weighted by Gasteiger charge is -2.13. The zero-order chi connectivity index (χ0) is 31.6. The summed E-state index contributed by atoms with van der Waals surface area (Å²) in [5.41, 5.74) is 3.44. The first-order valence-corrected chi connectivity index (χ1v) is 15.8. The molecule has 0 radical (unpaired) electrons. The summed E-state index contributed by atoms with van der Waals surface area (Å²) >= 11 is 2.77. The second kappa shape index (κ2) is 15.0. The van der Waals surface area contributed by atoms with Crippen molar-refractivity contribution in [1.82, 2.24) is 10.3 Å². The molecule has 0 saturated carbocycles. The summed E-state index contributed by atoms with van der Waals surface area (Å²) in [4.78, 5) is 45.6. The Balaban J connectivity index is 1.25. The van der Waals surface area contributed by atoms with Gasteiger partial charge in [0.15, 0.2) is 5.13 Å². The van der Waals surface area contributed by atoms with Crippen molar-refractivity contribution in [2.45, 2.75) is 11.8 Å². The Morgan fingerprint density at radius 2 is 1.58 bits per heavy atom. The summed E-state index contributed by atoms with van der Waals surface area (Å²) in [6.07, 6.45) is 1.57. The Kier molecular flexibility index (Phi) is 10.4. The molecule has 5 aromatic rings. The van der Waals surface area contributed by atoms with Gasteiger partial charge in [-0.2, -0.15) is 0 Å². The molecule has 3 N–H and O–H groups in total. The Labute approximate surface area is 269 Å². The second-order valence-electron chi connectivity index (χ2n) is 9.73. The SMILES string of the molecule is COc1ccccc1/C=C(/NC(=O)c1ccccc1)C(=O)Nc1cccc(SCC(=O)Nc2nc(-c3ccccc3)c(C)s2)c1. The lowest BCUT2D eigenvalue weighted by Crippen LogP contribution is -2.30. The lowest BCUT2D eigenvalue weighted by molar-refractivity contribution is -0.114. The van der Waals surface area contributed by atoms with Crippen LogP contribution in [0.15, 0.2) is 120 Å². The number of aromatic nitrogens is 1. The molecule has 226 valence electrons. The fraction of sp³-hybridized carbons (Fsp3) is 0.0857. The van der Waals surface area contributed by atoms with Crippen molar-refractivity contribution in [3.63, 3.8) is 0 Å². The number of benzene rings is 4. The van der Waals surface area contributed by atoms with Crippen LogP contribution in [0.5, 0.6) is 5.75 Å². The summed E-state index contributed by atoms with van der Waals surface area (Å²) in [6, 6.07) is 32.9. The molecule has 0 spiro atoms. The fourth-order valence-electron chi connectivity index (χ4n) is 4.36. The Morgan fingerprint density at radius 1 is 0.867 bits per heavy atom. The number of para-hydroxylation sites is 1. The van der Waals surface area contributed by atoms with Gasteiger partial charge in [0.1, 0.15) is 11.4 Å². The van der Waals surface area contributed by atoms with E-state index >= 15 is 0 Å². The van der Waals surface area contributed by atoms with Gasteiger partial charge in [0, 0.05) is 32.2 Å². The molecule has 5 rings (SSSR count). The first-order chi connectivity index (χ1) is 21.9. The number of rotatable bonds is 11. The van der Waals surface area contributed by atoms with Crippen LogP contribution in [0.25, 0.3) is 17.3 Å². The number of ether oxygens (including phenoxy) is 1. The van der Waals surface area contributed by atoms with Gasteiger partial charge >= 0.3 is 0 Å². The number of carbonyl (C=O) groups is 3. The second-order valence-corrected chi connectivity index (χ2v) is 12.0. The van der Waals surface area contributed by atoms with Gasteiger partial charge in [0.2, 0.25) is 5.91 Å². The number of nitrogens with zero attached hydrogens (tertiary/aromatic N) is 1. The van der Waals surface area contributed by atoms with Crippen LogP contribution < -0.4 is 20.7 Å². The molecule has 0 saturated heterocycles. The van der Waals surface area contributed by atoms with Crippen LogP contribution in [-0.2, 0) is 9.59 Å². The minimum Gasteiger partial charge on any atom is -0.496 e. The Morgan fingerprint density at radius 3 is 2.33 bits per heavy atom. The van der Waals surface area contributed by atoms with Crippen LogP contribution in [0.4, 0.5) is 10.8 Å². The number of nitrogens with one attached hydrogen (secondary N) is 3. The molecule has 4 aromatic carbocycles. The van der Waals surface area contributed by atoms with Crippen LogP contribution in [0.1, 0.15) is 20.8 Å². The van der Waals surface area contributed by atoms with Crippen molar-refractivity contribution in [2.75, 3.05) is 23.5 Å². The molecule has 8 nitrogen and oxygen atoms in total. The molecule has 0 unspecified atom stereocenters. The average Bonchev–Trinajstić information content (AvgIpc) is 3.43. The predicted octanol–water partition coefficient (Wildman–Crippen LogP) is 7.27. The summed E-state index contributed by atoms with van der Waals surface area (Å²) < 4.78 is 5.43. The highest BCUT2D eigenvalue weighted by atomic mass is 32.2. The van der Waals surface area contributed by atoms with Crippen LogP contribution in [0.2, 0.25) is 0 Å². The van der Waals surface area contributed by atoms with Crippen molar-refractivity contribution >= 4 is 57.7 Å². The van der Waals surface area contributed by atoms with Gasteiger partial charge in [-0.3, -0.25) is 14.4 Å². The monoisotopic (exact) mass is 634 g/mol. The van der Waals surface area contributed by atoms with Crippen molar-refractivity contribution in [1.29, 1.82) is 0 Å². The standard InChI is InChI=1S/C35H30N4O4S2/c1-23-32(24-12-5-3-6-13-24)39-35(45-23)38-31(40)22-44-28-18-11-17-27(21-28)36-34(42)29(20-26-16-9-10-19-30(26)43-2)37-33(41)25-14-7-4-8-15-25/h3-21H,22H2,1-2H3,(H,36,42)(H,37,41)(H,38,39,40)/b29-20+. The lowest BCUT2D eigenvalue weighted by atomic mass is 10.1. The molecule has 0 aliphatic rings. The third-order valence-corrected chi connectivity index (χ3v) is 8.40. The molecule has 1 heterocycles. The summed E-state index contributed by atoms with van der Waals surface area (Å²) in [5.74, 6) is -0.416. The van der Waals surface area contributed by atoms with E-state index < -0.39 is 11.8 Å². The average molecular weight is 635 g/mol. The van der Waals surface area contributed by atoms with Crippen LogP contribution in [-0.4, -0.2) is 35.6 Å². The highest BCUT2D eigenvalue weighted by Gasteiger charge is 2.17. The number of aryl methyl sites for hydroxylation is 1. The van der Waals surface area contributed by atoms with E-state index in [4.69, 9.17) is 4.74 Å². The molecular weight excluding hydrogens is 605 g/mol. The number of anilines is 2. The van der Waals surface area contributed by atoms with Crippen molar-refractivity contribution in [2.24, 2.45) is 0 Å². The molecular formula is C35H30N4O4S2. The van der Waals surface area contributed by atoms with E-state index in [1.165, 1.54) is 23.1 Å². The molecule has 0 bridgehead atoms.